The van der Waals surface area contributed by atoms with Gasteiger partial charge in [-0.1, -0.05) is 23.9 Å². The zero-order valence-corrected chi connectivity index (χ0v) is 11.5. The minimum Gasteiger partial charge on any atom is -0.398 e. The van der Waals surface area contributed by atoms with Crippen molar-refractivity contribution in [1.82, 2.24) is 0 Å². The van der Waals surface area contributed by atoms with Crippen LogP contribution >= 0.6 is 11.8 Å². The van der Waals surface area contributed by atoms with Gasteiger partial charge in [0.15, 0.2) is 0 Å². The molecular formula is C14H14N2O2S. The van der Waals surface area contributed by atoms with Gasteiger partial charge in [0.2, 0.25) is 0 Å². The summed E-state index contributed by atoms with van der Waals surface area (Å²) in [5, 5.41) is 10.7. The van der Waals surface area contributed by atoms with Crippen molar-refractivity contribution >= 4 is 23.1 Å². The van der Waals surface area contributed by atoms with Gasteiger partial charge >= 0.3 is 0 Å². The Labute approximate surface area is 115 Å². The molecule has 4 nitrogen and oxygen atoms in total. The van der Waals surface area contributed by atoms with Gasteiger partial charge < -0.3 is 5.73 Å². The van der Waals surface area contributed by atoms with Gasteiger partial charge in [0, 0.05) is 21.9 Å². The highest BCUT2D eigenvalue weighted by atomic mass is 32.2. The van der Waals surface area contributed by atoms with Gasteiger partial charge in [0.1, 0.15) is 0 Å². The molecule has 0 aliphatic heterocycles. The molecule has 0 spiro atoms. The third-order valence-corrected chi connectivity index (χ3v) is 4.02. The fourth-order valence-corrected chi connectivity index (χ4v) is 2.70. The van der Waals surface area contributed by atoms with Crippen molar-refractivity contribution in [3.8, 4) is 0 Å². The monoisotopic (exact) mass is 274 g/mol. The number of nitro groups is 1. The van der Waals surface area contributed by atoms with E-state index in [1.54, 1.807) is 6.07 Å². The van der Waals surface area contributed by atoms with Crippen LogP contribution in [-0.4, -0.2) is 4.92 Å². The Bertz CT molecular complexity index is 641. The Morgan fingerprint density at radius 2 is 1.84 bits per heavy atom. The van der Waals surface area contributed by atoms with Crippen molar-refractivity contribution in [3.63, 3.8) is 0 Å². The minimum atomic E-state index is -0.442. The van der Waals surface area contributed by atoms with E-state index in [9.17, 15) is 10.1 Å². The Morgan fingerprint density at radius 3 is 2.47 bits per heavy atom. The molecule has 5 heteroatoms. The molecule has 2 N–H and O–H groups in total. The van der Waals surface area contributed by atoms with Gasteiger partial charge in [0.25, 0.3) is 5.69 Å². The predicted molar refractivity (Wildman–Crippen MR) is 77.5 cm³/mol. The fourth-order valence-electron chi connectivity index (χ4n) is 1.68. The summed E-state index contributed by atoms with van der Waals surface area (Å²) in [4.78, 5) is 12.2. The van der Waals surface area contributed by atoms with Crippen LogP contribution in [0.2, 0.25) is 0 Å². The predicted octanol–water partition coefficient (Wildman–Crippen LogP) is 3.95. The number of nitrogens with zero attached hydrogens (tertiary/aromatic N) is 1. The third kappa shape index (κ3) is 3.06. The number of nitrogen functional groups attached to an aromatic ring is 1. The summed E-state index contributed by atoms with van der Waals surface area (Å²) < 4.78 is 0. The molecule has 0 heterocycles. The second-order valence-corrected chi connectivity index (χ2v) is 5.43. The smallest absolute Gasteiger partial charge is 0.271 e. The molecule has 0 fully saturated rings. The molecule has 0 aliphatic rings. The molecule has 19 heavy (non-hydrogen) atoms. The van der Waals surface area contributed by atoms with Crippen LogP contribution in [0.4, 0.5) is 11.4 Å². The summed E-state index contributed by atoms with van der Waals surface area (Å²) in [5.74, 6) is 0. The van der Waals surface area contributed by atoms with E-state index in [4.69, 9.17) is 5.73 Å². The summed E-state index contributed by atoms with van der Waals surface area (Å²) in [6.07, 6.45) is 0. The van der Waals surface area contributed by atoms with E-state index in [0.717, 1.165) is 15.4 Å². The Morgan fingerprint density at radius 1 is 1.11 bits per heavy atom. The van der Waals surface area contributed by atoms with Crippen molar-refractivity contribution in [3.05, 3.63) is 57.6 Å². The third-order valence-electron chi connectivity index (χ3n) is 2.77. The maximum absolute atomic E-state index is 10.7. The number of non-ortho nitro benzene ring substituents is 1. The van der Waals surface area contributed by atoms with Crippen molar-refractivity contribution in [2.45, 2.75) is 23.6 Å². The lowest BCUT2D eigenvalue weighted by Crippen LogP contribution is -1.93. The minimum absolute atomic E-state index is 0.0165. The molecule has 0 saturated carbocycles. The van der Waals surface area contributed by atoms with Crippen LogP contribution in [0.15, 0.2) is 46.2 Å². The van der Waals surface area contributed by atoms with Crippen molar-refractivity contribution in [2.75, 3.05) is 5.73 Å². The average molecular weight is 274 g/mol. The first-order chi connectivity index (χ1) is 8.97. The summed E-state index contributed by atoms with van der Waals surface area (Å²) in [5.41, 5.74) is 8.65. The topological polar surface area (TPSA) is 69.2 Å². The Kier molecular flexibility index (Phi) is 3.76. The quantitative estimate of drug-likeness (QED) is 0.523. The molecule has 0 radical (unpaired) electrons. The molecule has 0 aliphatic carbocycles. The molecule has 2 aromatic rings. The first-order valence-electron chi connectivity index (χ1n) is 5.76. The summed E-state index contributed by atoms with van der Waals surface area (Å²) >= 11 is 1.53. The zero-order chi connectivity index (χ0) is 14.0. The van der Waals surface area contributed by atoms with Crippen LogP contribution in [0.25, 0.3) is 0 Å². The van der Waals surface area contributed by atoms with E-state index in [1.165, 1.54) is 29.5 Å². The maximum Gasteiger partial charge on any atom is 0.271 e. The molecule has 0 aromatic heterocycles. The Hall–Kier alpha value is -2.01. The highest BCUT2D eigenvalue weighted by molar-refractivity contribution is 7.99. The molecule has 0 atom stereocenters. The van der Waals surface area contributed by atoms with Crippen molar-refractivity contribution < 1.29 is 4.92 Å². The van der Waals surface area contributed by atoms with Gasteiger partial charge in [-0.25, -0.2) is 0 Å². The normalized spacial score (nSPS) is 10.4. The van der Waals surface area contributed by atoms with Crippen LogP contribution in [0, 0.1) is 24.0 Å². The standard InChI is InChI=1S/C14H14N2O2S/c1-9-3-4-10(2)14(7-9)19-13-6-5-11(16(17)18)8-12(13)15/h3-8H,15H2,1-2H3. The van der Waals surface area contributed by atoms with E-state index < -0.39 is 4.92 Å². The number of anilines is 1. The molecule has 98 valence electrons. The van der Waals surface area contributed by atoms with Gasteiger partial charge in [-0.3, -0.25) is 10.1 Å². The van der Waals surface area contributed by atoms with E-state index in [1.807, 2.05) is 13.8 Å². The van der Waals surface area contributed by atoms with Crippen LogP contribution in [0.3, 0.4) is 0 Å². The SMILES string of the molecule is Cc1ccc(C)c(Sc2ccc([N+](=O)[O-])cc2N)c1. The summed E-state index contributed by atoms with van der Waals surface area (Å²) in [6, 6.07) is 10.8. The molecule has 2 aromatic carbocycles. The lowest BCUT2D eigenvalue weighted by atomic mass is 10.2. The zero-order valence-electron chi connectivity index (χ0n) is 10.7. The molecule has 0 unspecified atom stereocenters. The lowest BCUT2D eigenvalue weighted by Gasteiger charge is -2.08. The number of nitro benzene ring substituents is 1. The van der Waals surface area contributed by atoms with Gasteiger partial charge in [-0.15, -0.1) is 0 Å². The van der Waals surface area contributed by atoms with Crippen LogP contribution in [-0.2, 0) is 0 Å². The second kappa shape index (κ2) is 5.32. The number of nitrogens with two attached hydrogens (primary N) is 1. The molecule has 0 bridgehead atoms. The van der Waals surface area contributed by atoms with Crippen LogP contribution in [0.5, 0.6) is 0 Å². The van der Waals surface area contributed by atoms with E-state index in [2.05, 4.69) is 18.2 Å². The van der Waals surface area contributed by atoms with Gasteiger partial charge in [0.05, 0.1) is 10.6 Å². The number of rotatable bonds is 3. The molecule has 0 saturated heterocycles. The molecule has 0 amide bonds. The maximum atomic E-state index is 10.7. The second-order valence-electron chi connectivity index (χ2n) is 4.35. The van der Waals surface area contributed by atoms with Crippen LogP contribution < -0.4 is 5.73 Å². The average Bonchev–Trinajstić information content (AvgIpc) is 2.36. The lowest BCUT2D eigenvalue weighted by molar-refractivity contribution is -0.384. The Balaban J connectivity index is 2.33. The van der Waals surface area contributed by atoms with Crippen molar-refractivity contribution in [1.29, 1.82) is 0 Å². The first kappa shape index (κ1) is 13.4. The van der Waals surface area contributed by atoms with Gasteiger partial charge in [-0.2, -0.15) is 0 Å². The summed E-state index contributed by atoms with van der Waals surface area (Å²) in [7, 11) is 0. The highest BCUT2D eigenvalue weighted by Gasteiger charge is 2.10. The fraction of sp³-hybridized carbons (Fsp3) is 0.143. The summed E-state index contributed by atoms with van der Waals surface area (Å²) in [6.45, 7) is 4.06. The molecule has 2 rings (SSSR count). The van der Waals surface area contributed by atoms with E-state index in [0.29, 0.717) is 5.69 Å². The van der Waals surface area contributed by atoms with Crippen molar-refractivity contribution in [2.24, 2.45) is 0 Å². The van der Waals surface area contributed by atoms with E-state index >= 15 is 0 Å². The highest BCUT2D eigenvalue weighted by Crippen LogP contribution is 2.35. The number of aryl methyl sites for hydroxylation is 2. The number of hydrogen-bond donors (Lipinski definition) is 1. The number of benzene rings is 2. The first-order valence-corrected chi connectivity index (χ1v) is 6.58. The number of hydrogen-bond acceptors (Lipinski definition) is 4. The van der Waals surface area contributed by atoms with E-state index in [-0.39, 0.29) is 5.69 Å². The van der Waals surface area contributed by atoms with Gasteiger partial charge in [-0.05, 0) is 37.1 Å². The largest absolute Gasteiger partial charge is 0.398 e. The molecular weight excluding hydrogens is 260 g/mol. The van der Waals surface area contributed by atoms with Crippen LogP contribution in [0.1, 0.15) is 11.1 Å².